The van der Waals surface area contributed by atoms with Crippen molar-refractivity contribution in [3.63, 3.8) is 0 Å². The minimum Gasteiger partial charge on any atom is -0.497 e. The van der Waals surface area contributed by atoms with E-state index in [4.69, 9.17) is 27.9 Å². The molecule has 3 aromatic rings. The van der Waals surface area contributed by atoms with Crippen LogP contribution < -0.4 is 10.1 Å². The summed E-state index contributed by atoms with van der Waals surface area (Å²) in [7, 11) is 1.55. The first-order valence-electron chi connectivity index (χ1n) is 6.82. The number of rotatable bonds is 3. The van der Waals surface area contributed by atoms with Crippen molar-refractivity contribution < 1.29 is 9.13 Å². The zero-order valence-corrected chi connectivity index (χ0v) is 13.9. The number of nitrogens with zero attached hydrogens (tertiary/aromatic N) is 2. The fourth-order valence-electron chi connectivity index (χ4n) is 2.28. The van der Waals surface area contributed by atoms with Gasteiger partial charge in [-0.25, -0.2) is 4.39 Å². The van der Waals surface area contributed by atoms with Gasteiger partial charge in [-0.3, -0.25) is 4.98 Å². The molecule has 24 heavy (non-hydrogen) atoms. The maximum Gasteiger partial charge on any atom is 0.166 e. The van der Waals surface area contributed by atoms with Crippen LogP contribution in [-0.4, -0.2) is 12.1 Å². The molecule has 0 fully saturated rings. The number of pyridine rings is 1. The summed E-state index contributed by atoms with van der Waals surface area (Å²) in [4.78, 5) is 4.23. The molecular weight excluding hydrogens is 352 g/mol. The molecule has 7 heteroatoms. The number of halogens is 3. The Kier molecular flexibility index (Phi) is 4.43. The predicted molar refractivity (Wildman–Crippen MR) is 92.7 cm³/mol. The molecule has 0 saturated heterocycles. The van der Waals surface area contributed by atoms with Gasteiger partial charge in [0, 0.05) is 17.6 Å². The van der Waals surface area contributed by atoms with Crippen molar-refractivity contribution in [2.45, 2.75) is 0 Å². The van der Waals surface area contributed by atoms with Gasteiger partial charge in [-0.05, 0) is 24.3 Å². The maximum absolute atomic E-state index is 14.3. The standard InChI is InChI=1S/C17H10Cl2FN3O/c1-24-10-2-3-11-14(6-10)22-8-9(7-21)17(11)23-13-5-4-12(18)15(19)16(13)20/h2-6,8H,1H3,(H,22,23). The van der Waals surface area contributed by atoms with Crippen LogP contribution in [-0.2, 0) is 0 Å². The quantitative estimate of drug-likeness (QED) is 0.642. The van der Waals surface area contributed by atoms with E-state index in [1.165, 1.54) is 18.3 Å². The molecule has 0 saturated carbocycles. The number of fused-ring (bicyclic) bond motifs is 1. The molecule has 0 spiro atoms. The Hall–Kier alpha value is -2.55. The van der Waals surface area contributed by atoms with Crippen molar-refractivity contribution >= 4 is 45.5 Å². The smallest absolute Gasteiger partial charge is 0.166 e. The number of benzene rings is 2. The van der Waals surface area contributed by atoms with Crippen molar-refractivity contribution in [3.8, 4) is 11.8 Å². The van der Waals surface area contributed by atoms with Crippen LogP contribution >= 0.6 is 23.2 Å². The Morgan fingerprint density at radius 2 is 2.04 bits per heavy atom. The Morgan fingerprint density at radius 3 is 2.75 bits per heavy atom. The average Bonchev–Trinajstić information content (AvgIpc) is 2.61. The second-order valence-corrected chi connectivity index (χ2v) is 5.67. The molecule has 0 bridgehead atoms. The highest BCUT2D eigenvalue weighted by Gasteiger charge is 2.15. The highest BCUT2D eigenvalue weighted by molar-refractivity contribution is 6.42. The summed E-state index contributed by atoms with van der Waals surface area (Å²) in [6.45, 7) is 0. The van der Waals surface area contributed by atoms with Crippen molar-refractivity contribution in [2.75, 3.05) is 12.4 Å². The van der Waals surface area contributed by atoms with Gasteiger partial charge >= 0.3 is 0 Å². The maximum atomic E-state index is 14.3. The third-order valence-electron chi connectivity index (χ3n) is 3.49. The highest BCUT2D eigenvalue weighted by Crippen LogP contribution is 2.35. The van der Waals surface area contributed by atoms with Crippen LogP contribution in [0.3, 0.4) is 0 Å². The molecule has 3 rings (SSSR count). The molecule has 4 nitrogen and oxygen atoms in total. The summed E-state index contributed by atoms with van der Waals surface area (Å²) in [6, 6.07) is 10.2. The molecule has 0 aliphatic heterocycles. The fraction of sp³-hybridized carbons (Fsp3) is 0.0588. The van der Waals surface area contributed by atoms with Crippen LogP contribution in [0.15, 0.2) is 36.5 Å². The van der Waals surface area contributed by atoms with E-state index in [1.54, 1.807) is 25.3 Å². The summed E-state index contributed by atoms with van der Waals surface area (Å²) >= 11 is 11.6. The van der Waals surface area contributed by atoms with Gasteiger partial charge in [0.1, 0.15) is 11.8 Å². The van der Waals surface area contributed by atoms with E-state index in [2.05, 4.69) is 10.3 Å². The predicted octanol–water partition coefficient (Wildman–Crippen LogP) is 5.30. The van der Waals surface area contributed by atoms with Gasteiger partial charge in [0.05, 0.1) is 39.6 Å². The lowest BCUT2D eigenvalue weighted by molar-refractivity contribution is 0.415. The number of nitriles is 1. The molecule has 0 radical (unpaired) electrons. The van der Waals surface area contributed by atoms with Crippen molar-refractivity contribution in [1.82, 2.24) is 4.98 Å². The highest BCUT2D eigenvalue weighted by atomic mass is 35.5. The van der Waals surface area contributed by atoms with Gasteiger partial charge in [0.2, 0.25) is 0 Å². The van der Waals surface area contributed by atoms with Crippen molar-refractivity contribution in [2.24, 2.45) is 0 Å². The monoisotopic (exact) mass is 361 g/mol. The molecule has 1 aromatic heterocycles. The molecule has 1 N–H and O–H groups in total. The van der Waals surface area contributed by atoms with Crippen LogP contribution in [0.25, 0.3) is 10.9 Å². The van der Waals surface area contributed by atoms with E-state index < -0.39 is 5.82 Å². The number of nitrogens with one attached hydrogen (secondary N) is 1. The molecular formula is C17H10Cl2FN3O. The summed E-state index contributed by atoms with van der Waals surface area (Å²) in [5.41, 5.74) is 1.43. The zero-order chi connectivity index (χ0) is 17.3. The molecule has 120 valence electrons. The molecule has 0 aliphatic carbocycles. The third-order valence-corrected chi connectivity index (χ3v) is 4.27. The SMILES string of the molecule is COc1ccc2c(Nc3ccc(Cl)c(Cl)c3F)c(C#N)cnc2c1. The number of hydrogen-bond acceptors (Lipinski definition) is 4. The van der Waals surface area contributed by atoms with Gasteiger partial charge in [0.15, 0.2) is 5.82 Å². The Labute approximate surface area is 147 Å². The number of hydrogen-bond donors (Lipinski definition) is 1. The van der Waals surface area contributed by atoms with E-state index in [1.807, 2.05) is 6.07 Å². The average molecular weight is 362 g/mol. The number of anilines is 2. The third kappa shape index (κ3) is 2.82. The van der Waals surface area contributed by atoms with Crippen LogP contribution in [0.2, 0.25) is 10.0 Å². The number of methoxy groups -OCH3 is 1. The largest absolute Gasteiger partial charge is 0.497 e. The number of ether oxygens (including phenoxy) is 1. The summed E-state index contributed by atoms with van der Waals surface area (Å²) in [6.07, 6.45) is 1.42. The first-order valence-corrected chi connectivity index (χ1v) is 7.58. The zero-order valence-electron chi connectivity index (χ0n) is 12.4. The van der Waals surface area contributed by atoms with E-state index >= 15 is 0 Å². The van der Waals surface area contributed by atoms with Gasteiger partial charge in [-0.1, -0.05) is 23.2 Å². The van der Waals surface area contributed by atoms with Crippen LogP contribution in [0.5, 0.6) is 5.75 Å². The van der Waals surface area contributed by atoms with E-state index in [9.17, 15) is 9.65 Å². The molecule has 1 heterocycles. The van der Waals surface area contributed by atoms with Gasteiger partial charge < -0.3 is 10.1 Å². The molecule has 0 atom stereocenters. The van der Waals surface area contributed by atoms with E-state index in [0.717, 1.165) is 0 Å². The molecule has 0 unspecified atom stereocenters. The number of aromatic nitrogens is 1. The summed E-state index contributed by atoms with van der Waals surface area (Å²) in [5.74, 6) is -0.0575. The second-order valence-electron chi connectivity index (χ2n) is 4.89. The minimum atomic E-state index is -0.688. The van der Waals surface area contributed by atoms with Crippen LogP contribution in [0.1, 0.15) is 5.56 Å². The Morgan fingerprint density at radius 1 is 1.25 bits per heavy atom. The van der Waals surface area contributed by atoms with E-state index in [0.29, 0.717) is 22.3 Å². The van der Waals surface area contributed by atoms with Gasteiger partial charge in [-0.15, -0.1) is 0 Å². The first kappa shape index (κ1) is 16.3. The van der Waals surface area contributed by atoms with Crippen LogP contribution in [0.4, 0.5) is 15.8 Å². The lowest BCUT2D eigenvalue weighted by atomic mass is 10.1. The Bertz CT molecular complexity index is 986. The normalized spacial score (nSPS) is 10.5. The van der Waals surface area contributed by atoms with E-state index in [-0.39, 0.29) is 21.3 Å². The molecule has 2 aromatic carbocycles. The molecule has 0 amide bonds. The van der Waals surface area contributed by atoms with Crippen LogP contribution in [0, 0.1) is 17.1 Å². The summed E-state index contributed by atoms with van der Waals surface area (Å²) in [5, 5.41) is 12.8. The van der Waals surface area contributed by atoms with Gasteiger partial charge in [0.25, 0.3) is 0 Å². The minimum absolute atomic E-state index is 0.115. The summed E-state index contributed by atoms with van der Waals surface area (Å²) < 4.78 is 19.5. The fourth-order valence-corrected chi connectivity index (χ4v) is 2.59. The lowest BCUT2D eigenvalue weighted by Crippen LogP contribution is -1.99. The van der Waals surface area contributed by atoms with Crippen molar-refractivity contribution in [3.05, 3.63) is 58.0 Å². The molecule has 0 aliphatic rings. The Balaban J connectivity index is 2.18. The van der Waals surface area contributed by atoms with Gasteiger partial charge in [-0.2, -0.15) is 5.26 Å². The lowest BCUT2D eigenvalue weighted by Gasteiger charge is -2.13. The topological polar surface area (TPSA) is 57.9 Å². The second kappa shape index (κ2) is 6.52. The first-order chi connectivity index (χ1) is 11.5. The van der Waals surface area contributed by atoms with Crippen molar-refractivity contribution in [1.29, 1.82) is 5.26 Å².